The van der Waals surface area contributed by atoms with Crippen LogP contribution in [0.25, 0.3) is 0 Å². The molecule has 0 atom stereocenters. The Kier molecular flexibility index (Phi) is 7.76. The fourth-order valence-electron chi connectivity index (χ4n) is 2.86. The molecular formula is C20H25N3O6S. The Morgan fingerprint density at radius 2 is 1.87 bits per heavy atom. The van der Waals surface area contributed by atoms with Crippen molar-refractivity contribution in [1.82, 2.24) is 5.32 Å². The molecule has 10 heteroatoms. The number of aryl methyl sites for hydroxylation is 2. The highest BCUT2D eigenvalue weighted by atomic mass is 32.2. The molecular weight excluding hydrogens is 410 g/mol. The summed E-state index contributed by atoms with van der Waals surface area (Å²) in [4.78, 5) is 22.8. The molecule has 1 amide bonds. The molecule has 1 N–H and O–H groups in total. The molecule has 9 nitrogen and oxygen atoms in total. The van der Waals surface area contributed by atoms with Gasteiger partial charge < -0.3 is 10.1 Å². The minimum atomic E-state index is -3.82. The van der Waals surface area contributed by atoms with Gasteiger partial charge in [0.05, 0.1) is 24.0 Å². The van der Waals surface area contributed by atoms with Gasteiger partial charge in [-0.15, -0.1) is 0 Å². The number of hydrogen-bond donors (Lipinski definition) is 1. The van der Waals surface area contributed by atoms with E-state index in [-0.39, 0.29) is 11.4 Å². The predicted octanol–water partition coefficient (Wildman–Crippen LogP) is 2.43. The molecule has 0 spiro atoms. The van der Waals surface area contributed by atoms with Crippen LogP contribution < -0.4 is 14.4 Å². The van der Waals surface area contributed by atoms with Crippen molar-refractivity contribution in [1.29, 1.82) is 0 Å². The standard InChI is InChI=1S/C20H25N3O6S/c1-15-6-9-17(23(25)26)13-19(15)22(30(3,27)28)14-20(24)21-12-4-5-16-7-10-18(29-2)11-8-16/h6-11,13H,4-5,12,14H2,1-3H3,(H,21,24). The molecule has 30 heavy (non-hydrogen) atoms. The third kappa shape index (κ3) is 6.45. The normalized spacial score (nSPS) is 11.0. The summed E-state index contributed by atoms with van der Waals surface area (Å²) >= 11 is 0. The summed E-state index contributed by atoms with van der Waals surface area (Å²) in [5, 5.41) is 13.7. The SMILES string of the molecule is COc1ccc(CCCNC(=O)CN(c2cc([N+](=O)[O-])ccc2C)S(C)(=O)=O)cc1. The average molecular weight is 436 g/mol. The quantitative estimate of drug-likeness (QED) is 0.348. The Bertz CT molecular complexity index is 1010. The van der Waals surface area contributed by atoms with Crippen molar-refractivity contribution >= 4 is 27.3 Å². The van der Waals surface area contributed by atoms with Crippen LogP contribution in [0.3, 0.4) is 0 Å². The van der Waals surface area contributed by atoms with E-state index >= 15 is 0 Å². The Morgan fingerprint density at radius 1 is 1.20 bits per heavy atom. The monoisotopic (exact) mass is 435 g/mol. The summed E-state index contributed by atoms with van der Waals surface area (Å²) in [5.41, 5.74) is 1.47. The van der Waals surface area contributed by atoms with Gasteiger partial charge in [-0.3, -0.25) is 19.2 Å². The zero-order valence-corrected chi connectivity index (χ0v) is 17.9. The minimum Gasteiger partial charge on any atom is -0.497 e. The summed E-state index contributed by atoms with van der Waals surface area (Å²) in [6.45, 7) is 1.55. The van der Waals surface area contributed by atoms with E-state index in [0.717, 1.165) is 34.4 Å². The molecule has 0 aromatic heterocycles. The lowest BCUT2D eigenvalue weighted by atomic mass is 10.1. The number of anilines is 1. The Morgan fingerprint density at radius 3 is 2.43 bits per heavy atom. The average Bonchev–Trinajstić information content (AvgIpc) is 2.69. The number of methoxy groups -OCH3 is 1. The van der Waals surface area contributed by atoms with Gasteiger partial charge in [-0.25, -0.2) is 8.42 Å². The van der Waals surface area contributed by atoms with Gasteiger partial charge >= 0.3 is 0 Å². The number of ether oxygens (including phenoxy) is 1. The van der Waals surface area contributed by atoms with Gasteiger partial charge in [0.2, 0.25) is 15.9 Å². The van der Waals surface area contributed by atoms with E-state index in [0.29, 0.717) is 18.5 Å². The third-order valence-corrected chi connectivity index (χ3v) is 5.61. The number of nitro groups is 1. The number of amides is 1. The van der Waals surface area contributed by atoms with E-state index in [1.54, 1.807) is 14.0 Å². The molecule has 0 saturated heterocycles. The third-order valence-electron chi connectivity index (χ3n) is 4.48. The number of sulfonamides is 1. The van der Waals surface area contributed by atoms with Crippen LogP contribution >= 0.6 is 0 Å². The maximum atomic E-state index is 12.3. The smallest absolute Gasteiger partial charge is 0.271 e. The van der Waals surface area contributed by atoms with Gasteiger partial charge in [0.15, 0.2) is 0 Å². The highest BCUT2D eigenvalue weighted by Crippen LogP contribution is 2.27. The molecule has 0 aliphatic rings. The highest BCUT2D eigenvalue weighted by Gasteiger charge is 2.24. The number of non-ortho nitro benzene ring substituents is 1. The largest absolute Gasteiger partial charge is 0.497 e. The van der Waals surface area contributed by atoms with Crippen molar-refractivity contribution in [2.45, 2.75) is 19.8 Å². The van der Waals surface area contributed by atoms with Crippen LogP contribution in [0.2, 0.25) is 0 Å². The van der Waals surface area contributed by atoms with Gasteiger partial charge in [-0.1, -0.05) is 18.2 Å². The van der Waals surface area contributed by atoms with E-state index in [1.807, 2.05) is 24.3 Å². The second-order valence-corrected chi connectivity index (χ2v) is 8.71. The predicted molar refractivity (Wildman–Crippen MR) is 114 cm³/mol. The molecule has 0 aliphatic heterocycles. The molecule has 0 fully saturated rings. The summed E-state index contributed by atoms with van der Waals surface area (Å²) in [6, 6.07) is 11.5. The number of carbonyl (C=O) groups is 1. The van der Waals surface area contributed by atoms with Crippen LogP contribution in [0.1, 0.15) is 17.5 Å². The molecule has 0 radical (unpaired) electrons. The summed E-state index contributed by atoms with van der Waals surface area (Å²) in [7, 11) is -2.22. The number of nitro benzene ring substituents is 1. The lowest BCUT2D eigenvalue weighted by Gasteiger charge is -2.23. The van der Waals surface area contributed by atoms with Crippen molar-refractivity contribution in [2.75, 3.05) is 30.8 Å². The summed E-state index contributed by atoms with van der Waals surface area (Å²) in [6.07, 6.45) is 2.37. The Hall–Kier alpha value is -3.14. The van der Waals surface area contributed by atoms with Crippen LogP contribution in [-0.4, -0.2) is 45.7 Å². The van der Waals surface area contributed by atoms with Gasteiger partial charge in [0.25, 0.3) is 5.69 Å². The van der Waals surface area contributed by atoms with Crippen LogP contribution in [0, 0.1) is 17.0 Å². The second-order valence-electron chi connectivity index (χ2n) is 6.80. The molecule has 2 rings (SSSR count). The van der Waals surface area contributed by atoms with Crippen LogP contribution in [0.15, 0.2) is 42.5 Å². The maximum absolute atomic E-state index is 12.3. The van der Waals surface area contributed by atoms with Gasteiger partial charge in [0, 0.05) is 18.7 Å². The summed E-state index contributed by atoms with van der Waals surface area (Å²) in [5.74, 6) is 0.283. The molecule has 0 saturated carbocycles. The zero-order valence-electron chi connectivity index (χ0n) is 17.1. The molecule has 2 aromatic rings. The van der Waals surface area contributed by atoms with E-state index in [1.165, 1.54) is 12.1 Å². The second kappa shape index (κ2) is 10.1. The first-order chi connectivity index (χ1) is 14.1. The minimum absolute atomic E-state index is 0.111. The highest BCUT2D eigenvalue weighted by molar-refractivity contribution is 7.92. The first kappa shape index (κ1) is 23.1. The van der Waals surface area contributed by atoms with E-state index in [9.17, 15) is 23.3 Å². The van der Waals surface area contributed by atoms with Crippen molar-refractivity contribution in [2.24, 2.45) is 0 Å². The lowest BCUT2D eigenvalue weighted by Crippen LogP contribution is -2.41. The fourth-order valence-corrected chi connectivity index (χ4v) is 3.77. The topological polar surface area (TPSA) is 119 Å². The molecule has 0 aliphatic carbocycles. The first-order valence-electron chi connectivity index (χ1n) is 9.24. The number of nitrogens with one attached hydrogen (secondary N) is 1. The van der Waals surface area contributed by atoms with Crippen LogP contribution in [0.5, 0.6) is 5.75 Å². The van der Waals surface area contributed by atoms with Crippen LogP contribution in [0.4, 0.5) is 11.4 Å². The zero-order chi connectivity index (χ0) is 22.3. The first-order valence-corrected chi connectivity index (χ1v) is 11.1. The molecule has 2 aromatic carbocycles. The van der Waals surface area contributed by atoms with Crippen molar-refractivity contribution in [3.05, 3.63) is 63.7 Å². The van der Waals surface area contributed by atoms with Gasteiger partial charge in [-0.2, -0.15) is 0 Å². The van der Waals surface area contributed by atoms with Gasteiger partial charge in [0.1, 0.15) is 12.3 Å². The van der Waals surface area contributed by atoms with E-state index in [2.05, 4.69) is 5.32 Å². The van der Waals surface area contributed by atoms with Crippen molar-refractivity contribution < 1.29 is 22.9 Å². The summed E-state index contributed by atoms with van der Waals surface area (Å²) < 4.78 is 30.5. The number of rotatable bonds is 10. The lowest BCUT2D eigenvalue weighted by molar-refractivity contribution is -0.384. The van der Waals surface area contributed by atoms with Crippen molar-refractivity contribution in [3.8, 4) is 5.75 Å². The fraction of sp³-hybridized carbons (Fsp3) is 0.350. The Balaban J connectivity index is 1.99. The number of nitrogens with zero attached hydrogens (tertiary/aromatic N) is 2. The van der Waals surface area contributed by atoms with E-state index in [4.69, 9.17) is 4.74 Å². The van der Waals surface area contributed by atoms with Gasteiger partial charge in [-0.05, 0) is 43.0 Å². The number of carbonyl (C=O) groups excluding carboxylic acids is 1. The number of hydrogen-bond acceptors (Lipinski definition) is 6. The molecule has 0 bridgehead atoms. The number of benzene rings is 2. The molecule has 0 unspecified atom stereocenters. The molecule has 162 valence electrons. The maximum Gasteiger partial charge on any atom is 0.271 e. The van der Waals surface area contributed by atoms with Crippen LogP contribution in [-0.2, 0) is 21.2 Å². The van der Waals surface area contributed by atoms with E-state index < -0.39 is 27.4 Å². The Labute approximate surface area is 175 Å². The molecule has 0 heterocycles. The van der Waals surface area contributed by atoms with Crippen molar-refractivity contribution in [3.63, 3.8) is 0 Å².